The van der Waals surface area contributed by atoms with Crippen LogP contribution in [0.4, 0.5) is 0 Å². The zero-order chi connectivity index (χ0) is 13.4. The van der Waals surface area contributed by atoms with Crippen LogP contribution < -0.4 is 4.74 Å². The summed E-state index contributed by atoms with van der Waals surface area (Å²) >= 11 is 0. The molecule has 1 rings (SSSR count). The lowest BCUT2D eigenvalue weighted by molar-refractivity contribution is 0.0775. The Morgan fingerprint density at radius 3 is 2.83 bits per heavy atom. The van der Waals surface area contributed by atoms with Crippen molar-refractivity contribution in [3.05, 3.63) is 42.5 Å². The quantitative estimate of drug-likeness (QED) is 0.716. The summed E-state index contributed by atoms with van der Waals surface area (Å²) in [7, 11) is 1.98. The minimum atomic E-state index is -0.466. The topological polar surface area (TPSA) is 32.7 Å². The predicted molar refractivity (Wildman–Crippen MR) is 75.0 cm³/mol. The van der Waals surface area contributed by atoms with Crippen molar-refractivity contribution >= 4 is 0 Å². The zero-order valence-corrected chi connectivity index (χ0v) is 11.3. The van der Waals surface area contributed by atoms with Crippen LogP contribution in [-0.2, 0) is 6.42 Å². The highest BCUT2D eigenvalue weighted by atomic mass is 16.5. The van der Waals surface area contributed by atoms with E-state index in [4.69, 9.17) is 4.74 Å². The molecule has 1 N–H and O–H groups in total. The van der Waals surface area contributed by atoms with Gasteiger partial charge in [-0.2, -0.15) is 0 Å². The van der Waals surface area contributed by atoms with Gasteiger partial charge in [0.15, 0.2) is 0 Å². The molecular weight excluding hydrogens is 226 g/mol. The Morgan fingerprint density at radius 2 is 2.17 bits per heavy atom. The fourth-order valence-corrected chi connectivity index (χ4v) is 1.70. The highest BCUT2D eigenvalue weighted by Gasteiger charge is 2.09. The molecule has 0 spiro atoms. The predicted octanol–water partition coefficient (Wildman–Crippen LogP) is 2.11. The minimum absolute atomic E-state index is 0.318. The monoisotopic (exact) mass is 249 g/mol. The maximum absolute atomic E-state index is 9.85. The van der Waals surface area contributed by atoms with Gasteiger partial charge in [0.1, 0.15) is 18.5 Å². The number of hydrogen-bond donors (Lipinski definition) is 1. The van der Waals surface area contributed by atoms with E-state index in [1.165, 1.54) is 0 Å². The molecule has 0 radical (unpaired) electrons. The van der Waals surface area contributed by atoms with Crippen LogP contribution in [0.1, 0.15) is 12.5 Å². The molecule has 0 bridgehead atoms. The van der Waals surface area contributed by atoms with Gasteiger partial charge in [0.25, 0.3) is 0 Å². The largest absolute Gasteiger partial charge is 0.491 e. The van der Waals surface area contributed by atoms with Crippen molar-refractivity contribution in [2.75, 3.05) is 26.7 Å². The second kappa shape index (κ2) is 7.90. The number of rotatable bonds is 8. The van der Waals surface area contributed by atoms with Crippen molar-refractivity contribution in [1.82, 2.24) is 4.90 Å². The molecule has 0 aliphatic rings. The second-order valence-corrected chi connectivity index (χ2v) is 4.42. The molecule has 3 nitrogen and oxygen atoms in total. The first-order valence-electron chi connectivity index (χ1n) is 6.35. The summed E-state index contributed by atoms with van der Waals surface area (Å²) in [5.74, 6) is 0.829. The van der Waals surface area contributed by atoms with Crippen molar-refractivity contribution in [1.29, 1.82) is 0 Å². The molecule has 0 heterocycles. The van der Waals surface area contributed by atoms with Crippen LogP contribution >= 0.6 is 0 Å². The number of hydrogen-bond acceptors (Lipinski definition) is 3. The van der Waals surface area contributed by atoms with Crippen LogP contribution in [0.25, 0.3) is 0 Å². The van der Waals surface area contributed by atoms with Crippen LogP contribution in [-0.4, -0.2) is 42.9 Å². The molecule has 100 valence electrons. The molecule has 1 unspecified atom stereocenters. The lowest BCUT2D eigenvalue weighted by atomic mass is 10.1. The van der Waals surface area contributed by atoms with Crippen LogP contribution in [0.2, 0.25) is 0 Å². The Hall–Kier alpha value is -1.32. The fourth-order valence-electron chi connectivity index (χ4n) is 1.70. The van der Waals surface area contributed by atoms with E-state index >= 15 is 0 Å². The van der Waals surface area contributed by atoms with Gasteiger partial charge in [0, 0.05) is 6.54 Å². The van der Waals surface area contributed by atoms with E-state index in [9.17, 15) is 5.11 Å². The van der Waals surface area contributed by atoms with Gasteiger partial charge in [0.2, 0.25) is 0 Å². The first-order valence-corrected chi connectivity index (χ1v) is 6.35. The maximum atomic E-state index is 9.85. The molecule has 0 amide bonds. The third kappa shape index (κ3) is 4.90. The Balaban J connectivity index is 2.49. The van der Waals surface area contributed by atoms with E-state index in [1.807, 2.05) is 37.4 Å². The highest BCUT2D eigenvalue weighted by Crippen LogP contribution is 2.18. The first kappa shape index (κ1) is 14.7. The number of benzene rings is 1. The molecular formula is C15H23NO2. The van der Waals surface area contributed by atoms with Gasteiger partial charge >= 0.3 is 0 Å². The molecule has 0 fully saturated rings. The summed E-state index contributed by atoms with van der Waals surface area (Å²) in [6, 6.07) is 7.86. The van der Waals surface area contributed by atoms with E-state index in [0.717, 1.165) is 24.3 Å². The minimum Gasteiger partial charge on any atom is -0.491 e. The SMILES string of the molecule is C=CCc1ccccc1OCC(O)CN(C)CC. The zero-order valence-electron chi connectivity index (χ0n) is 11.3. The smallest absolute Gasteiger partial charge is 0.122 e. The molecule has 0 saturated heterocycles. The average Bonchev–Trinajstić information content (AvgIpc) is 2.38. The third-order valence-corrected chi connectivity index (χ3v) is 2.83. The van der Waals surface area contributed by atoms with Crippen LogP contribution in [0.15, 0.2) is 36.9 Å². The Kier molecular flexibility index (Phi) is 6.47. The van der Waals surface area contributed by atoms with E-state index in [2.05, 4.69) is 18.4 Å². The number of nitrogens with zero attached hydrogens (tertiary/aromatic N) is 1. The molecule has 1 atom stereocenters. The third-order valence-electron chi connectivity index (χ3n) is 2.83. The summed E-state index contributed by atoms with van der Waals surface area (Å²) in [5, 5.41) is 9.85. The number of aliphatic hydroxyl groups is 1. The molecule has 0 saturated carbocycles. The van der Waals surface area contributed by atoms with Crippen molar-refractivity contribution in [3.8, 4) is 5.75 Å². The van der Waals surface area contributed by atoms with Gasteiger partial charge in [-0.1, -0.05) is 31.2 Å². The normalized spacial score (nSPS) is 12.4. The van der Waals surface area contributed by atoms with Gasteiger partial charge in [-0.25, -0.2) is 0 Å². The highest BCUT2D eigenvalue weighted by molar-refractivity contribution is 5.34. The number of aliphatic hydroxyl groups excluding tert-OH is 1. The van der Waals surface area contributed by atoms with Crippen LogP contribution in [0.3, 0.4) is 0 Å². The van der Waals surface area contributed by atoms with Gasteiger partial charge in [-0.3, -0.25) is 0 Å². The van der Waals surface area contributed by atoms with Crippen molar-refractivity contribution in [2.24, 2.45) is 0 Å². The van der Waals surface area contributed by atoms with E-state index in [-0.39, 0.29) is 0 Å². The molecule has 0 aliphatic heterocycles. The van der Waals surface area contributed by atoms with E-state index in [1.54, 1.807) is 0 Å². The first-order chi connectivity index (χ1) is 8.67. The van der Waals surface area contributed by atoms with Crippen molar-refractivity contribution in [2.45, 2.75) is 19.4 Å². The average molecular weight is 249 g/mol. The molecule has 18 heavy (non-hydrogen) atoms. The van der Waals surface area contributed by atoms with Gasteiger partial charge in [-0.15, -0.1) is 6.58 Å². The van der Waals surface area contributed by atoms with Gasteiger partial charge in [-0.05, 0) is 31.6 Å². The molecule has 0 aromatic heterocycles. The van der Waals surface area contributed by atoms with Crippen molar-refractivity contribution < 1.29 is 9.84 Å². The van der Waals surface area contributed by atoms with Gasteiger partial charge < -0.3 is 14.7 Å². The number of allylic oxidation sites excluding steroid dienone is 1. The van der Waals surface area contributed by atoms with Crippen molar-refractivity contribution in [3.63, 3.8) is 0 Å². The summed E-state index contributed by atoms with van der Waals surface area (Å²) < 4.78 is 5.67. The second-order valence-electron chi connectivity index (χ2n) is 4.42. The summed E-state index contributed by atoms with van der Waals surface area (Å²) in [4.78, 5) is 2.06. The van der Waals surface area contributed by atoms with Crippen LogP contribution in [0.5, 0.6) is 5.75 Å². The summed E-state index contributed by atoms with van der Waals surface area (Å²) in [6.45, 7) is 7.66. The standard InChI is InChI=1S/C15H23NO2/c1-4-8-13-9-6-7-10-15(13)18-12-14(17)11-16(3)5-2/h4,6-7,9-10,14,17H,1,5,8,11-12H2,2-3H3. The Morgan fingerprint density at radius 1 is 1.44 bits per heavy atom. The molecule has 3 heteroatoms. The number of likely N-dealkylation sites (N-methyl/N-ethyl adjacent to an activating group) is 1. The lowest BCUT2D eigenvalue weighted by Gasteiger charge is -2.19. The summed E-state index contributed by atoms with van der Waals surface area (Å²) in [6.07, 6.45) is 2.16. The number of para-hydroxylation sites is 1. The Labute approximate surface area is 110 Å². The van der Waals surface area contributed by atoms with Gasteiger partial charge in [0.05, 0.1) is 0 Å². The number of ether oxygens (including phenoxy) is 1. The molecule has 1 aromatic rings. The lowest BCUT2D eigenvalue weighted by Crippen LogP contribution is -2.33. The van der Waals surface area contributed by atoms with Crippen LogP contribution in [0, 0.1) is 0 Å². The van der Waals surface area contributed by atoms with E-state index < -0.39 is 6.10 Å². The Bertz CT molecular complexity index is 365. The fraction of sp³-hybridized carbons (Fsp3) is 0.467. The maximum Gasteiger partial charge on any atom is 0.122 e. The molecule has 0 aliphatic carbocycles. The molecule has 1 aromatic carbocycles. The van der Waals surface area contributed by atoms with E-state index in [0.29, 0.717) is 13.2 Å². The summed E-state index contributed by atoms with van der Waals surface area (Å²) in [5.41, 5.74) is 1.10.